The fourth-order valence-electron chi connectivity index (χ4n) is 1.89. The lowest BCUT2D eigenvalue weighted by molar-refractivity contribution is 0.291. The van der Waals surface area contributed by atoms with Gasteiger partial charge in [-0.25, -0.2) is 0 Å². The van der Waals surface area contributed by atoms with Crippen LogP contribution in [0, 0.1) is 5.92 Å². The summed E-state index contributed by atoms with van der Waals surface area (Å²) in [6, 6.07) is 0. The maximum Gasteiger partial charge on any atom is 0.229 e. The van der Waals surface area contributed by atoms with E-state index in [-0.39, 0.29) is 0 Å². The molecule has 2 aromatic heterocycles. The first-order valence-electron chi connectivity index (χ1n) is 7.28. The number of aromatic amines is 1. The maximum atomic E-state index is 5.80. The standard InChI is InChI=1S/C14H23N5O/c1-4-7-15-14-17-12-11(9-16-19-12)13(18-14)20-8-5-6-10(2)3/h9-10H,4-8H2,1-3H3,(H2,15,16,17,18,19). The lowest BCUT2D eigenvalue weighted by Crippen LogP contribution is -2.07. The molecule has 0 saturated carbocycles. The summed E-state index contributed by atoms with van der Waals surface area (Å²) < 4.78 is 5.80. The van der Waals surface area contributed by atoms with Gasteiger partial charge in [-0.2, -0.15) is 15.1 Å². The van der Waals surface area contributed by atoms with Crippen molar-refractivity contribution < 1.29 is 4.74 Å². The lowest BCUT2D eigenvalue weighted by atomic mass is 10.1. The van der Waals surface area contributed by atoms with Crippen molar-refractivity contribution in [3.05, 3.63) is 6.20 Å². The summed E-state index contributed by atoms with van der Waals surface area (Å²) >= 11 is 0. The summed E-state index contributed by atoms with van der Waals surface area (Å²) in [6.45, 7) is 8.04. The van der Waals surface area contributed by atoms with Crippen molar-refractivity contribution in [2.75, 3.05) is 18.5 Å². The van der Waals surface area contributed by atoms with Crippen LogP contribution in [0.1, 0.15) is 40.0 Å². The van der Waals surface area contributed by atoms with Crippen molar-refractivity contribution in [1.29, 1.82) is 0 Å². The molecule has 6 heteroatoms. The fourth-order valence-corrected chi connectivity index (χ4v) is 1.89. The van der Waals surface area contributed by atoms with Gasteiger partial charge in [0.1, 0.15) is 5.39 Å². The minimum atomic E-state index is 0.586. The smallest absolute Gasteiger partial charge is 0.229 e. The molecule has 2 heterocycles. The molecule has 2 N–H and O–H groups in total. The number of nitrogens with zero attached hydrogens (tertiary/aromatic N) is 3. The van der Waals surface area contributed by atoms with Crippen LogP contribution in [0.3, 0.4) is 0 Å². The van der Waals surface area contributed by atoms with Crippen LogP contribution >= 0.6 is 0 Å². The van der Waals surface area contributed by atoms with Gasteiger partial charge < -0.3 is 10.1 Å². The van der Waals surface area contributed by atoms with Gasteiger partial charge in [0.2, 0.25) is 11.8 Å². The van der Waals surface area contributed by atoms with Crippen LogP contribution < -0.4 is 10.1 Å². The van der Waals surface area contributed by atoms with Crippen LogP contribution in [0.25, 0.3) is 11.0 Å². The second-order valence-corrected chi connectivity index (χ2v) is 5.30. The minimum absolute atomic E-state index is 0.586. The zero-order valence-electron chi connectivity index (χ0n) is 12.4. The summed E-state index contributed by atoms with van der Waals surface area (Å²) in [5.74, 6) is 1.88. The number of aromatic nitrogens is 4. The summed E-state index contributed by atoms with van der Waals surface area (Å²) in [5.41, 5.74) is 0.706. The predicted molar refractivity (Wildman–Crippen MR) is 80.0 cm³/mol. The highest BCUT2D eigenvalue weighted by atomic mass is 16.5. The Morgan fingerprint density at radius 1 is 1.35 bits per heavy atom. The van der Waals surface area contributed by atoms with Gasteiger partial charge in [0, 0.05) is 6.54 Å². The third-order valence-corrected chi connectivity index (χ3v) is 2.97. The first-order chi connectivity index (χ1) is 9.70. The van der Waals surface area contributed by atoms with Crippen molar-refractivity contribution in [3.63, 3.8) is 0 Å². The van der Waals surface area contributed by atoms with Crippen molar-refractivity contribution in [2.45, 2.75) is 40.0 Å². The minimum Gasteiger partial charge on any atom is -0.477 e. The largest absolute Gasteiger partial charge is 0.477 e. The molecule has 0 saturated heterocycles. The fraction of sp³-hybridized carbons (Fsp3) is 0.643. The van der Waals surface area contributed by atoms with Crippen LogP contribution in [0.2, 0.25) is 0 Å². The van der Waals surface area contributed by atoms with Crippen molar-refractivity contribution in [1.82, 2.24) is 20.2 Å². The molecule has 0 aliphatic rings. The molecule has 0 spiro atoms. The third kappa shape index (κ3) is 3.82. The Morgan fingerprint density at radius 3 is 2.95 bits per heavy atom. The van der Waals surface area contributed by atoms with E-state index in [1.807, 2.05) is 0 Å². The zero-order valence-corrected chi connectivity index (χ0v) is 12.4. The number of H-pyrrole nitrogens is 1. The predicted octanol–water partition coefficient (Wildman–Crippen LogP) is 2.99. The molecular weight excluding hydrogens is 254 g/mol. The van der Waals surface area contributed by atoms with Crippen molar-refractivity contribution >= 4 is 17.0 Å². The molecule has 0 aliphatic heterocycles. The summed E-state index contributed by atoms with van der Waals surface area (Å²) in [5, 5.41) is 10.9. The highest BCUT2D eigenvalue weighted by molar-refractivity contribution is 5.80. The van der Waals surface area contributed by atoms with E-state index in [9.17, 15) is 0 Å². The number of rotatable bonds is 8. The van der Waals surface area contributed by atoms with E-state index >= 15 is 0 Å². The van der Waals surface area contributed by atoms with E-state index < -0.39 is 0 Å². The topological polar surface area (TPSA) is 75.7 Å². The summed E-state index contributed by atoms with van der Waals surface area (Å²) in [7, 11) is 0. The number of hydrogen-bond acceptors (Lipinski definition) is 5. The van der Waals surface area contributed by atoms with Crippen LogP contribution in [-0.4, -0.2) is 33.3 Å². The van der Waals surface area contributed by atoms with Gasteiger partial charge in [-0.15, -0.1) is 0 Å². The first-order valence-corrected chi connectivity index (χ1v) is 7.28. The molecule has 110 valence electrons. The second-order valence-electron chi connectivity index (χ2n) is 5.30. The monoisotopic (exact) mass is 277 g/mol. The summed E-state index contributed by atoms with van der Waals surface area (Å²) in [4.78, 5) is 8.79. The molecule has 0 aromatic carbocycles. The highest BCUT2D eigenvalue weighted by Gasteiger charge is 2.10. The van der Waals surface area contributed by atoms with Crippen LogP contribution in [0.5, 0.6) is 5.88 Å². The Bertz CT molecular complexity index is 537. The van der Waals surface area contributed by atoms with E-state index in [0.717, 1.165) is 31.2 Å². The van der Waals surface area contributed by atoms with Gasteiger partial charge in [0.25, 0.3) is 0 Å². The molecule has 0 atom stereocenters. The van der Waals surface area contributed by atoms with Gasteiger partial charge >= 0.3 is 0 Å². The van der Waals surface area contributed by atoms with E-state index in [0.29, 0.717) is 30.0 Å². The molecule has 0 fully saturated rings. The molecule has 20 heavy (non-hydrogen) atoms. The van der Waals surface area contributed by atoms with E-state index in [1.165, 1.54) is 0 Å². The molecule has 0 aliphatic carbocycles. The molecular formula is C14H23N5O. The highest BCUT2D eigenvalue weighted by Crippen LogP contribution is 2.22. The third-order valence-electron chi connectivity index (χ3n) is 2.97. The van der Waals surface area contributed by atoms with Crippen molar-refractivity contribution in [3.8, 4) is 5.88 Å². The van der Waals surface area contributed by atoms with Gasteiger partial charge in [-0.3, -0.25) is 5.10 Å². The van der Waals surface area contributed by atoms with E-state index in [2.05, 4.69) is 46.3 Å². The van der Waals surface area contributed by atoms with Gasteiger partial charge in [-0.05, 0) is 25.2 Å². The van der Waals surface area contributed by atoms with Gasteiger partial charge in [-0.1, -0.05) is 20.8 Å². The number of ether oxygens (including phenoxy) is 1. The molecule has 0 amide bonds. The molecule has 0 radical (unpaired) electrons. The Labute approximate surface area is 119 Å². The molecule has 2 rings (SSSR count). The van der Waals surface area contributed by atoms with Gasteiger partial charge in [0.15, 0.2) is 5.65 Å². The average molecular weight is 277 g/mol. The molecule has 6 nitrogen and oxygen atoms in total. The Hall–Kier alpha value is -1.85. The first kappa shape index (κ1) is 14.6. The summed E-state index contributed by atoms with van der Waals surface area (Å²) in [6.07, 6.45) is 4.91. The van der Waals surface area contributed by atoms with E-state index in [4.69, 9.17) is 4.74 Å². The quantitative estimate of drug-likeness (QED) is 0.725. The molecule has 2 aromatic rings. The van der Waals surface area contributed by atoms with Crippen LogP contribution in [0.4, 0.5) is 5.95 Å². The van der Waals surface area contributed by atoms with Crippen LogP contribution in [0.15, 0.2) is 6.20 Å². The second kappa shape index (κ2) is 7.07. The zero-order chi connectivity index (χ0) is 14.4. The van der Waals surface area contributed by atoms with E-state index in [1.54, 1.807) is 6.20 Å². The lowest BCUT2D eigenvalue weighted by Gasteiger charge is -2.09. The van der Waals surface area contributed by atoms with Gasteiger partial charge in [0.05, 0.1) is 12.8 Å². The molecule has 0 unspecified atom stereocenters. The van der Waals surface area contributed by atoms with Crippen LogP contribution in [-0.2, 0) is 0 Å². The number of hydrogen-bond donors (Lipinski definition) is 2. The molecule has 0 bridgehead atoms. The number of anilines is 1. The number of nitrogens with one attached hydrogen (secondary N) is 2. The Balaban J connectivity index is 2.07. The SMILES string of the molecule is CCCNc1nc(OCCCC(C)C)c2cn[nH]c2n1. The Kier molecular flexibility index (Phi) is 5.15. The Morgan fingerprint density at radius 2 is 2.20 bits per heavy atom. The normalized spacial score (nSPS) is 11.2. The average Bonchev–Trinajstić information content (AvgIpc) is 2.89. The van der Waals surface area contributed by atoms with Crippen molar-refractivity contribution in [2.24, 2.45) is 5.92 Å². The number of fused-ring (bicyclic) bond motifs is 1. The maximum absolute atomic E-state index is 5.80.